The van der Waals surface area contributed by atoms with Crippen LogP contribution in [0.4, 0.5) is 0 Å². The molecule has 2 aliphatic heterocycles. The highest BCUT2D eigenvalue weighted by Gasteiger charge is 2.31. The third-order valence-electron chi connectivity index (χ3n) is 5.43. The summed E-state index contributed by atoms with van der Waals surface area (Å²) in [5, 5.41) is 8.84. The van der Waals surface area contributed by atoms with Crippen molar-refractivity contribution >= 4 is 11.6 Å². The Hall–Kier alpha value is -1.44. The van der Waals surface area contributed by atoms with Crippen LogP contribution in [0.2, 0.25) is 5.02 Å². The Kier molecular flexibility index (Phi) is 6.42. The molecule has 0 spiro atoms. The molecule has 1 aromatic carbocycles. The Morgan fingerprint density at radius 1 is 1.15 bits per heavy atom. The predicted molar refractivity (Wildman–Crippen MR) is 105 cm³/mol. The van der Waals surface area contributed by atoms with E-state index in [1.54, 1.807) is 0 Å². The summed E-state index contributed by atoms with van der Waals surface area (Å²) in [4.78, 5) is 2.56. The molecule has 0 amide bonds. The van der Waals surface area contributed by atoms with Crippen molar-refractivity contribution in [2.24, 2.45) is 5.92 Å². The van der Waals surface area contributed by atoms with Crippen LogP contribution in [0.5, 0.6) is 0 Å². The van der Waals surface area contributed by atoms with Crippen LogP contribution in [0, 0.1) is 5.92 Å². The largest absolute Gasteiger partial charge is 0.381 e. The summed E-state index contributed by atoms with van der Waals surface area (Å²) in [6.45, 7) is 7.21. The Labute approximate surface area is 165 Å². The van der Waals surface area contributed by atoms with E-state index in [0.29, 0.717) is 12.0 Å². The summed E-state index contributed by atoms with van der Waals surface area (Å²) in [5.41, 5.74) is 2.19. The number of morpholine rings is 1. The van der Waals surface area contributed by atoms with Crippen molar-refractivity contribution in [2.45, 2.75) is 19.0 Å². The fourth-order valence-electron chi connectivity index (χ4n) is 3.91. The van der Waals surface area contributed by atoms with E-state index in [9.17, 15) is 0 Å². The second kappa shape index (κ2) is 9.17. The molecule has 0 aliphatic carbocycles. The van der Waals surface area contributed by atoms with Crippen molar-refractivity contribution in [3.05, 3.63) is 47.2 Å². The first-order valence-corrected chi connectivity index (χ1v) is 10.1. The van der Waals surface area contributed by atoms with Gasteiger partial charge in [-0.25, -0.2) is 4.68 Å². The van der Waals surface area contributed by atoms with Crippen molar-refractivity contribution in [1.82, 2.24) is 20.0 Å². The minimum Gasteiger partial charge on any atom is -0.381 e. The van der Waals surface area contributed by atoms with Crippen molar-refractivity contribution in [3.8, 4) is 5.69 Å². The summed E-state index contributed by atoms with van der Waals surface area (Å²) in [6, 6.07) is 8.21. The Bertz CT molecular complexity index is 709. The third-order valence-corrected chi connectivity index (χ3v) is 5.69. The van der Waals surface area contributed by atoms with Gasteiger partial charge in [0.1, 0.15) is 0 Å². The molecule has 7 heteroatoms. The summed E-state index contributed by atoms with van der Waals surface area (Å²) in [7, 11) is 0. The van der Waals surface area contributed by atoms with E-state index in [1.807, 2.05) is 35.1 Å². The molecule has 2 fully saturated rings. The summed E-state index contributed by atoms with van der Waals surface area (Å²) >= 11 is 5.96. The maximum atomic E-state index is 5.96. The van der Waals surface area contributed by atoms with Crippen LogP contribution in [-0.2, 0) is 16.0 Å². The van der Waals surface area contributed by atoms with E-state index >= 15 is 0 Å². The summed E-state index contributed by atoms with van der Waals surface area (Å²) in [5.74, 6) is 0.604. The molecule has 0 bridgehead atoms. The van der Waals surface area contributed by atoms with Gasteiger partial charge < -0.3 is 14.8 Å². The van der Waals surface area contributed by atoms with E-state index in [1.165, 1.54) is 5.56 Å². The number of aromatic nitrogens is 2. The van der Waals surface area contributed by atoms with E-state index < -0.39 is 0 Å². The van der Waals surface area contributed by atoms with Gasteiger partial charge in [-0.2, -0.15) is 5.10 Å². The maximum absolute atomic E-state index is 5.96. The molecule has 0 unspecified atom stereocenters. The fraction of sp³-hybridized carbons (Fsp3) is 0.550. The SMILES string of the molecule is Clc1ccc(-n2cc(CNC[C@@H]([C@H]3CCOC3)N3CCOCC3)cn2)cc1. The van der Waals surface area contributed by atoms with E-state index in [2.05, 4.69) is 21.5 Å². The lowest BCUT2D eigenvalue weighted by molar-refractivity contribution is 0.00137. The number of rotatable bonds is 7. The molecule has 0 radical (unpaired) electrons. The number of hydrogen-bond acceptors (Lipinski definition) is 5. The van der Waals surface area contributed by atoms with Gasteiger partial charge in [0.2, 0.25) is 0 Å². The normalized spacial score (nSPS) is 22.2. The second-order valence-corrected chi connectivity index (χ2v) is 7.68. The van der Waals surface area contributed by atoms with E-state index in [-0.39, 0.29) is 0 Å². The van der Waals surface area contributed by atoms with Crippen molar-refractivity contribution < 1.29 is 9.47 Å². The molecule has 146 valence electrons. The van der Waals surface area contributed by atoms with Gasteiger partial charge in [0.25, 0.3) is 0 Å². The van der Waals surface area contributed by atoms with Gasteiger partial charge in [-0.3, -0.25) is 4.90 Å². The number of ether oxygens (including phenoxy) is 2. The van der Waals surface area contributed by atoms with Gasteiger partial charge in [-0.05, 0) is 30.7 Å². The Morgan fingerprint density at radius 3 is 2.70 bits per heavy atom. The molecular formula is C20H27ClN4O2. The zero-order valence-electron chi connectivity index (χ0n) is 15.5. The zero-order chi connectivity index (χ0) is 18.5. The van der Waals surface area contributed by atoms with Crippen LogP contribution < -0.4 is 5.32 Å². The molecule has 4 rings (SSSR count). The van der Waals surface area contributed by atoms with Crippen LogP contribution in [0.3, 0.4) is 0 Å². The quantitative estimate of drug-likeness (QED) is 0.786. The minimum atomic E-state index is 0.503. The summed E-state index contributed by atoms with van der Waals surface area (Å²) < 4.78 is 13.1. The average Bonchev–Trinajstić information content (AvgIpc) is 3.39. The van der Waals surface area contributed by atoms with E-state index in [4.69, 9.17) is 21.1 Å². The standard InChI is InChI=1S/C20H27ClN4O2/c21-18-1-3-19(4-2-18)25-14-16(12-23-25)11-22-13-20(17-5-8-27-15-17)24-6-9-26-10-7-24/h1-4,12,14,17,20,22H,5-11,13,15H2/t17-,20-/m0/s1. The molecular weight excluding hydrogens is 364 g/mol. The number of hydrogen-bond donors (Lipinski definition) is 1. The first-order valence-electron chi connectivity index (χ1n) is 9.69. The Morgan fingerprint density at radius 2 is 1.96 bits per heavy atom. The number of nitrogens with zero attached hydrogens (tertiary/aromatic N) is 3. The van der Waals surface area contributed by atoms with Crippen LogP contribution in [0.1, 0.15) is 12.0 Å². The van der Waals surface area contributed by atoms with Crippen molar-refractivity contribution in [3.63, 3.8) is 0 Å². The van der Waals surface area contributed by atoms with Gasteiger partial charge in [0.15, 0.2) is 0 Å². The fourth-order valence-corrected chi connectivity index (χ4v) is 4.04. The summed E-state index contributed by atoms with van der Waals surface area (Å²) in [6.07, 6.45) is 5.14. The molecule has 3 heterocycles. The average molecular weight is 391 g/mol. The van der Waals surface area contributed by atoms with Crippen molar-refractivity contribution in [1.29, 1.82) is 0 Å². The van der Waals surface area contributed by atoms with Crippen LogP contribution in [0.25, 0.3) is 5.69 Å². The Balaban J connectivity index is 1.33. The van der Waals surface area contributed by atoms with Gasteiger partial charge in [-0.15, -0.1) is 0 Å². The molecule has 2 aliphatic rings. The van der Waals surface area contributed by atoms with Gasteiger partial charge in [-0.1, -0.05) is 11.6 Å². The zero-order valence-corrected chi connectivity index (χ0v) is 16.3. The molecule has 6 nitrogen and oxygen atoms in total. The molecule has 27 heavy (non-hydrogen) atoms. The monoisotopic (exact) mass is 390 g/mol. The number of benzene rings is 1. The molecule has 2 saturated heterocycles. The number of halogens is 1. The van der Waals surface area contributed by atoms with Crippen LogP contribution >= 0.6 is 11.6 Å². The third kappa shape index (κ3) is 4.89. The van der Waals surface area contributed by atoms with Crippen LogP contribution in [0.15, 0.2) is 36.7 Å². The molecule has 1 N–H and O–H groups in total. The van der Waals surface area contributed by atoms with Crippen LogP contribution in [-0.4, -0.2) is 66.8 Å². The van der Waals surface area contributed by atoms with Gasteiger partial charge in [0, 0.05) is 61.5 Å². The predicted octanol–water partition coefficient (Wildman–Crippen LogP) is 2.35. The first-order chi connectivity index (χ1) is 13.3. The molecule has 2 aromatic rings. The van der Waals surface area contributed by atoms with Gasteiger partial charge >= 0.3 is 0 Å². The lowest BCUT2D eigenvalue weighted by Crippen LogP contribution is -2.51. The molecule has 1 aromatic heterocycles. The van der Waals surface area contributed by atoms with Crippen molar-refractivity contribution in [2.75, 3.05) is 46.1 Å². The first kappa shape index (κ1) is 18.9. The topological polar surface area (TPSA) is 51.5 Å². The highest BCUT2D eigenvalue weighted by Crippen LogP contribution is 2.22. The second-order valence-electron chi connectivity index (χ2n) is 7.24. The lowest BCUT2D eigenvalue weighted by atomic mass is 9.97. The van der Waals surface area contributed by atoms with E-state index in [0.717, 1.165) is 69.7 Å². The highest BCUT2D eigenvalue weighted by atomic mass is 35.5. The molecule has 0 saturated carbocycles. The number of nitrogens with one attached hydrogen (secondary N) is 1. The highest BCUT2D eigenvalue weighted by molar-refractivity contribution is 6.30. The lowest BCUT2D eigenvalue weighted by Gasteiger charge is -2.37. The smallest absolute Gasteiger partial charge is 0.0646 e. The molecule has 2 atom stereocenters. The maximum Gasteiger partial charge on any atom is 0.0646 e. The minimum absolute atomic E-state index is 0.503. The van der Waals surface area contributed by atoms with Gasteiger partial charge in [0.05, 0.1) is 31.7 Å².